The minimum atomic E-state index is -0.120. The molecule has 8 heteroatoms. The number of tetrazole rings is 1. The van der Waals surface area contributed by atoms with Gasteiger partial charge in [-0.1, -0.05) is 17.7 Å². The molecule has 0 aliphatic heterocycles. The molecular formula is C13H13ClN6O. The fourth-order valence-corrected chi connectivity index (χ4v) is 2.13. The first-order valence-corrected chi connectivity index (χ1v) is 6.76. The maximum absolute atomic E-state index is 6.19. The van der Waals surface area contributed by atoms with Crippen molar-refractivity contribution in [1.82, 2.24) is 30.4 Å². The fraction of sp³-hybridized carbons (Fsp3) is 0.231. The summed E-state index contributed by atoms with van der Waals surface area (Å²) in [5.74, 6) is 0.621. The molecule has 108 valence electrons. The van der Waals surface area contributed by atoms with Crippen LogP contribution in [-0.4, -0.2) is 36.5 Å². The van der Waals surface area contributed by atoms with Gasteiger partial charge in [0.1, 0.15) is 18.2 Å². The Kier molecular flexibility index (Phi) is 3.83. The smallest absolute Gasteiger partial charge is 0.139 e. The quantitative estimate of drug-likeness (QED) is 0.781. The van der Waals surface area contributed by atoms with Crippen molar-refractivity contribution in [2.75, 3.05) is 0 Å². The normalized spacial score (nSPS) is 12.3. The van der Waals surface area contributed by atoms with Crippen LogP contribution in [0.5, 0.6) is 5.75 Å². The van der Waals surface area contributed by atoms with Gasteiger partial charge in [0.2, 0.25) is 0 Å². The van der Waals surface area contributed by atoms with Gasteiger partial charge in [-0.15, -0.1) is 5.10 Å². The summed E-state index contributed by atoms with van der Waals surface area (Å²) >= 11 is 6.19. The number of nitrogens with one attached hydrogen (secondary N) is 1. The van der Waals surface area contributed by atoms with E-state index in [0.717, 1.165) is 11.1 Å². The van der Waals surface area contributed by atoms with Gasteiger partial charge in [-0.2, -0.15) is 5.10 Å². The molecule has 0 spiro atoms. The van der Waals surface area contributed by atoms with Crippen LogP contribution < -0.4 is 4.74 Å². The second-order valence-corrected chi connectivity index (χ2v) is 5.00. The van der Waals surface area contributed by atoms with Crippen LogP contribution in [-0.2, 0) is 6.54 Å². The molecule has 1 N–H and O–H groups in total. The van der Waals surface area contributed by atoms with E-state index in [4.69, 9.17) is 16.3 Å². The molecule has 2 heterocycles. The Hall–Kier alpha value is -2.41. The summed E-state index contributed by atoms with van der Waals surface area (Å²) in [6.07, 6.45) is 4.99. The Bertz CT molecular complexity index is 698. The van der Waals surface area contributed by atoms with E-state index in [2.05, 4.69) is 25.7 Å². The Morgan fingerprint density at radius 2 is 2.29 bits per heavy atom. The molecule has 0 aliphatic rings. The topological polar surface area (TPSA) is 81.5 Å². The van der Waals surface area contributed by atoms with Crippen LogP contribution in [0.4, 0.5) is 0 Å². The summed E-state index contributed by atoms with van der Waals surface area (Å²) in [5, 5.41) is 18.3. The van der Waals surface area contributed by atoms with Gasteiger partial charge in [0.25, 0.3) is 0 Å². The van der Waals surface area contributed by atoms with E-state index in [1.54, 1.807) is 17.2 Å². The molecule has 7 nitrogen and oxygen atoms in total. The molecule has 0 saturated carbocycles. The summed E-state index contributed by atoms with van der Waals surface area (Å²) in [7, 11) is 0. The Balaban J connectivity index is 1.76. The molecule has 0 saturated heterocycles. The number of rotatable bonds is 5. The molecule has 2 aromatic heterocycles. The second-order valence-electron chi connectivity index (χ2n) is 4.59. The first-order valence-electron chi connectivity index (χ1n) is 6.38. The van der Waals surface area contributed by atoms with Gasteiger partial charge in [-0.3, -0.25) is 5.10 Å². The van der Waals surface area contributed by atoms with Crippen molar-refractivity contribution in [3.8, 4) is 16.9 Å². The summed E-state index contributed by atoms with van der Waals surface area (Å²) in [4.78, 5) is 0. The molecule has 1 aromatic carbocycles. The lowest BCUT2D eigenvalue weighted by atomic mass is 10.1. The largest absolute Gasteiger partial charge is 0.487 e. The molecule has 21 heavy (non-hydrogen) atoms. The molecule has 0 aliphatic carbocycles. The fourth-order valence-electron chi connectivity index (χ4n) is 1.96. The van der Waals surface area contributed by atoms with Crippen LogP contribution in [0.3, 0.4) is 0 Å². The second kappa shape index (κ2) is 5.92. The number of nitrogens with zero attached hydrogens (tertiary/aromatic N) is 5. The van der Waals surface area contributed by atoms with Crippen LogP contribution in [0, 0.1) is 0 Å². The van der Waals surface area contributed by atoms with E-state index >= 15 is 0 Å². The average Bonchev–Trinajstić information content (AvgIpc) is 3.14. The number of halogens is 1. The lowest BCUT2D eigenvalue weighted by Crippen LogP contribution is -2.20. The molecule has 1 atom stereocenters. The zero-order chi connectivity index (χ0) is 14.7. The van der Waals surface area contributed by atoms with Crippen molar-refractivity contribution in [3.05, 3.63) is 41.9 Å². The van der Waals surface area contributed by atoms with E-state index in [1.165, 1.54) is 0 Å². The molecule has 3 rings (SSSR count). The third kappa shape index (κ3) is 3.19. The van der Waals surface area contributed by atoms with Gasteiger partial charge in [0.15, 0.2) is 0 Å². The molecule has 0 unspecified atom stereocenters. The molecular weight excluding hydrogens is 292 g/mol. The summed E-state index contributed by atoms with van der Waals surface area (Å²) in [5.41, 5.74) is 1.96. The minimum Gasteiger partial charge on any atom is -0.487 e. The van der Waals surface area contributed by atoms with E-state index in [-0.39, 0.29) is 6.10 Å². The Labute approximate surface area is 125 Å². The molecule has 0 fully saturated rings. The average molecular weight is 305 g/mol. The van der Waals surface area contributed by atoms with Gasteiger partial charge in [0.05, 0.1) is 17.8 Å². The highest BCUT2D eigenvalue weighted by atomic mass is 35.5. The van der Waals surface area contributed by atoms with E-state index in [9.17, 15) is 0 Å². The predicted molar refractivity (Wildman–Crippen MR) is 76.9 cm³/mol. The van der Waals surface area contributed by atoms with Gasteiger partial charge in [-0.05, 0) is 35.0 Å². The molecule has 0 radical (unpaired) electrons. The van der Waals surface area contributed by atoms with Crippen molar-refractivity contribution in [2.24, 2.45) is 0 Å². The number of ether oxygens (including phenoxy) is 1. The zero-order valence-corrected chi connectivity index (χ0v) is 12.0. The van der Waals surface area contributed by atoms with Crippen LogP contribution in [0.25, 0.3) is 11.1 Å². The lowest BCUT2D eigenvalue weighted by Gasteiger charge is -2.16. The first kappa shape index (κ1) is 13.6. The highest BCUT2D eigenvalue weighted by Crippen LogP contribution is 2.31. The third-order valence-electron chi connectivity index (χ3n) is 2.93. The van der Waals surface area contributed by atoms with Crippen molar-refractivity contribution < 1.29 is 4.74 Å². The zero-order valence-electron chi connectivity index (χ0n) is 11.3. The van der Waals surface area contributed by atoms with Crippen molar-refractivity contribution in [3.63, 3.8) is 0 Å². The first-order chi connectivity index (χ1) is 10.2. The van der Waals surface area contributed by atoms with Crippen LogP contribution in [0.1, 0.15) is 6.92 Å². The summed E-state index contributed by atoms with van der Waals surface area (Å²) in [6, 6.07) is 5.62. The number of benzene rings is 1. The number of H-pyrrole nitrogens is 1. The van der Waals surface area contributed by atoms with Crippen molar-refractivity contribution in [2.45, 2.75) is 19.6 Å². The van der Waals surface area contributed by atoms with Crippen LogP contribution in [0.2, 0.25) is 5.02 Å². The Morgan fingerprint density at radius 3 is 3.00 bits per heavy atom. The molecule has 3 aromatic rings. The summed E-state index contributed by atoms with van der Waals surface area (Å²) in [6.45, 7) is 2.47. The highest BCUT2D eigenvalue weighted by molar-refractivity contribution is 6.32. The lowest BCUT2D eigenvalue weighted by molar-refractivity contribution is 0.193. The molecule has 0 amide bonds. The third-order valence-corrected chi connectivity index (χ3v) is 3.24. The van der Waals surface area contributed by atoms with Crippen LogP contribution in [0.15, 0.2) is 36.9 Å². The van der Waals surface area contributed by atoms with Gasteiger partial charge in [-0.25, -0.2) is 4.68 Å². The maximum Gasteiger partial charge on any atom is 0.139 e. The standard InChI is InChI=1S/C13H13ClN6O/c1-9(7-20-8-17-18-19-20)21-13-4-10(2-3-12(13)14)11-5-15-16-6-11/h2-6,8-9H,7H2,1H3,(H,15,16)/t9-/m0/s1. The van der Waals surface area contributed by atoms with Gasteiger partial charge >= 0.3 is 0 Å². The number of aromatic amines is 1. The van der Waals surface area contributed by atoms with E-state index in [0.29, 0.717) is 17.3 Å². The monoisotopic (exact) mass is 304 g/mol. The Morgan fingerprint density at radius 1 is 1.38 bits per heavy atom. The van der Waals surface area contributed by atoms with Crippen molar-refractivity contribution >= 4 is 11.6 Å². The maximum atomic E-state index is 6.19. The van der Waals surface area contributed by atoms with Gasteiger partial charge < -0.3 is 4.74 Å². The number of aromatic nitrogens is 6. The molecule has 0 bridgehead atoms. The minimum absolute atomic E-state index is 0.120. The summed E-state index contributed by atoms with van der Waals surface area (Å²) < 4.78 is 7.49. The van der Waals surface area contributed by atoms with E-state index < -0.39 is 0 Å². The number of hydrogen-bond acceptors (Lipinski definition) is 5. The number of hydrogen-bond donors (Lipinski definition) is 1. The predicted octanol–water partition coefficient (Wildman–Crippen LogP) is 2.18. The van der Waals surface area contributed by atoms with Gasteiger partial charge in [0, 0.05) is 11.8 Å². The SMILES string of the molecule is C[C@@H](Cn1cnnn1)Oc1cc(-c2cn[nH]c2)ccc1Cl. The van der Waals surface area contributed by atoms with Crippen molar-refractivity contribution in [1.29, 1.82) is 0 Å². The van der Waals surface area contributed by atoms with E-state index in [1.807, 2.05) is 31.3 Å². The highest BCUT2D eigenvalue weighted by Gasteiger charge is 2.11. The van der Waals surface area contributed by atoms with Crippen LogP contribution >= 0.6 is 11.6 Å².